The first-order valence-corrected chi connectivity index (χ1v) is 12.1. The highest BCUT2D eigenvalue weighted by atomic mass is 19.2. The highest BCUT2D eigenvalue weighted by molar-refractivity contribution is 5.86. The van der Waals surface area contributed by atoms with Gasteiger partial charge < -0.3 is 9.64 Å². The van der Waals surface area contributed by atoms with Crippen LogP contribution in [-0.4, -0.2) is 49.9 Å². The van der Waals surface area contributed by atoms with E-state index in [1.54, 1.807) is 4.90 Å². The van der Waals surface area contributed by atoms with Crippen molar-refractivity contribution in [3.8, 4) is 11.7 Å². The Labute approximate surface area is 221 Å². The topological polar surface area (TPSA) is 86.7 Å². The summed E-state index contributed by atoms with van der Waals surface area (Å²) < 4.78 is 78.1. The van der Waals surface area contributed by atoms with Gasteiger partial charge in [0.2, 0.25) is 5.88 Å². The van der Waals surface area contributed by atoms with Crippen LogP contribution in [-0.2, 0) is 6.54 Å². The van der Waals surface area contributed by atoms with Gasteiger partial charge in [0.15, 0.2) is 17.5 Å². The summed E-state index contributed by atoms with van der Waals surface area (Å²) in [4.78, 5) is 37.9. The van der Waals surface area contributed by atoms with Gasteiger partial charge in [-0.25, -0.2) is 36.3 Å². The SMILES string of the molecule is COc1nc(N2CC[C@@H](F)C2)cc2c1c(=O)n(-c1cnc3cc(F)ccn13)c(=O)n2Cc1cc(F)c(F)c(F)c1. The van der Waals surface area contributed by atoms with Crippen LogP contribution in [0.5, 0.6) is 5.88 Å². The van der Waals surface area contributed by atoms with Gasteiger partial charge in [0.05, 0.1) is 31.9 Å². The quantitative estimate of drug-likeness (QED) is 0.243. The van der Waals surface area contributed by atoms with Crippen LogP contribution in [0.3, 0.4) is 0 Å². The Bertz CT molecular complexity index is 1910. The number of alkyl halides is 1. The number of benzene rings is 1. The third kappa shape index (κ3) is 4.06. The molecule has 0 saturated carbocycles. The third-order valence-electron chi connectivity index (χ3n) is 6.80. The van der Waals surface area contributed by atoms with Crippen LogP contribution in [0.2, 0.25) is 0 Å². The number of halogens is 5. The van der Waals surface area contributed by atoms with E-state index < -0.39 is 47.2 Å². The molecule has 6 rings (SSSR count). The molecule has 1 aliphatic rings. The molecule has 0 N–H and O–H groups in total. The van der Waals surface area contributed by atoms with Crippen molar-refractivity contribution in [3.05, 3.63) is 92.4 Å². The van der Waals surface area contributed by atoms with Crippen LogP contribution in [0.15, 0.2) is 52.3 Å². The molecule has 5 aromatic rings. The molecule has 0 bridgehead atoms. The second-order valence-corrected chi connectivity index (χ2v) is 9.29. The molecule has 0 unspecified atom stereocenters. The predicted molar refractivity (Wildman–Crippen MR) is 134 cm³/mol. The van der Waals surface area contributed by atoms with Crippen molar-refractivity contribution in [2.45, 2.75) is 19.1 Å². The number of fused-ring (bicyclic) bond motifs is 2. The fourth-order valence-corrected chi connectivity index (χ4v) is 4.91. The number of ether oxygens (including phenoxy) is 1. The Hall–Kier alpha value is -4.75. The lowest BCUT2D eigenvalue weighted by molar-refractivity contribution is 0.364. The fourth-order valence-electron chi connectivity index (χ4n) is 4.91. The molecule has 1 aromatic carbocycles. The normalized spacial score (nSPS) is 15.4. The first-order chi connectivity index (χ1) is 19.2. The molecule has 1 fully saturated rings. The summed E-state index contributed by atoms with van der Waals surface area (Å²) in [6.07, 6.45) is 1.60. The van der Waals surface area contributed by atoms with E-state index >= 15 is 0 Å². The number of nitrogens with zero attached hydrogens (tertiary/aromatic N) is 6. The lowest BCUT2D eigenvalue weighted by Gasteiger charge is -2.20. The van der Waals surface area contributed by atoms with E-state index in [9.17, 15) is 31.5 Å². The maximum absolute atomic E-state index is 14.1. The standard InChI is InChI=1S/C26H19F5N6O3/c1-40-24-22-18(9-20(33-24)34-4-2-15(28)12-34)36(11-13-6-16(29)23(31)17(30)7-13)26(39)37(25(22)38)21-10-32-19-8-14(27)3-5-35(19)21/h3,5-10,15H,2,4,11-12H2,1H3/t15-/m1/s1. The van der Waals surface area contributed by atoms with E-state index in [2.05, 4.69) is 9.97 Å². The molecule has 1 aliphatic heterocycles. The van der Waals surface area contributed by atoms with Gasteiger partial charge in [-0.3, -0.25) is 13.8 Å². The molecule has 0 radical (unpaired) electrons. The summed E-state index contributed by atoms with van der Waals surface area (Å²) in [6.45, 7) is -0.153. The molecule has 5 heterocycles. The van der Waals surface area contributed by atoms with Gasteiger partial charge in [-0.05, 0) is 30.2 Å². The van der Waals surface area contributed by atoms with E-state index in [4.69, 9.17) is 4.74 Å². The maximum atomic E-state index is 14.1. The Kier molecular flexibility index (Phi) is 6.04. The zero-order chi connectivity index (χ0) is 28.3. The zero-order valence-electron chi connectivity index (χ0n) is 20.7. The monoisotopic (exact) mass is 558 g/mol. The van der Waals surface area contributed by atoms with Crippen molar-refractivity contribution < 1.29 is 26.7 Å². The van der Waals surface area contributed by atoms with Crippen molar-refractivity contribution in [1.29, 1.82) is 0 Å². The largest absolute Gasteiger partial charge is 0.480 e. The molecular formula is C26H19F5N6O3. The number of hydrogen-bond donors (Lipinski definition) is 0. The molecule has 206 valence electrons. The first-order valence-electron chi connectivity index (χ1n) is 12.1. The fraction of sp³-hybridized carbons (Fsp3) is 0.231. The Morgan fingerprint density at radius 2 is 1.82 bits per heavy atom. The summed E-state index contributed by atoms with van der Waals surface area (Å²) in [5.74, 6) is -5.21. The summed E-state index contributed by atoms with van der Waals surface area (Å²) in [7, 11) is 1.26. The van der Waals surface area contributed by atoms with Crippen LogP contribution in [0.1, 0.15) is 12.0 Å². The van der Waals surface area contributed by atoms with Gasteiger partial charge >= 0.3 is 5.69 Å². The van der Waals surface area contributed by atoms with Crippen LogP contribution >= 0.6 is 0 Å². The molecule has 14 heteroatoms. The maximum Gasteiger partial charge on any atom is 0.337 e. The average Bonchev–Trinajstić information content (AvgIpc) is 3.55. The first kappa shape index (κ1) is 25.5. The van der Waals surface area contributed by atoms with E-state index in [1.807, 2.05) is 0 Å². The van der Waals surface area contributed by atoms with Gasteiger partial charge in [-0.2, -0.15) is 4.98 Å². The number of pyridine rings is 2. The van der Waals surface area contributed by atoms with Crippen molar-refractivity contribution in [3.63, 3.8) is 0 Å². The van der Waals surface area contributed by atoms with E-state index in [-0.39, 0.29) is 52.6 Å². The summed E-state index contributed by atoms with van der Waals surface area (Å²) in [6, 6.07) is 5.06. The van der Waals surface area contributed by atoms with Gasteiger partial charge in [-0.1, -0.05) is 0 Å². The molecule has 1 saturated heterocycles. The average molecular weight is 558 g/mol. The second kappa shape index (κ2) is 9.47. The molecule has 0 amide bonds. The molecule has 4 aromatic heterocycles. The summed E-state index contributed by atoms with van der Waals surface area (Å²) >= 11 is 0. The van der Waals surface area contributed by atoms with Crippen LogP contribution in [0.25, 0.3) is 22.4 Å². The third-order valence-corrected chi connectivity index (χ3v) is 6.80. The number of rotatable bonds is 5. The van der Waals surface area contributed by atoms with Crippen LogP contribution in [0.4, 0.5) is 27.8 Å². The highest BCUT2D eigenvalue weighted by Gasteiger charge is 2.27. The number of methoxy groups -OCH3 is 1. The van der Waals surface area contributed by atoms with Crippen molar-refractivity contribution in [1.82, 2.24) is 23.5 Å². The van der Waals surface area contributed by atoms with Gasteiger partial charge in [0.25, 0.3) is 5.56 Å². The van der Waals surface area contributed by atoms with E-state index in [1.165, 1.54) is 30.0 Å². The minimum absolute atomic E-state index is 0.0135. The van der Waals surface area contributed by atoms with E-state index in [0.29, 0.717) is 6.54 Å². The van der Waals surface area contributed by atoms with Gasteiger partial charge in [-0.15, -0.1) is 0 Å². The number of anilines is 1. The molecule has 1 atom stereocenters. The Balaban J connectivity index is 1.67. The van der Waals surface area contributed by atoms with Crippen LogP contribution in [0, 0.1) is 23.3 Å². The molecular weight excluding hydrogens is 539 g/mol. The Morgan fingerprint density at radius 3 is 2.50 bits per heavy atom. The lowest BCUT2D eigenvalue weighted by Crippen LogP contribution is -2.40. The molecule has 0 spiro atoms. The molecule has 0 aliphatic carbocycles. The van der Waals surface area contributed by atoms with Gasteiger partial charge in [0.1, 0.15) is 34.7 Å². The highest BCUT2D eigenvalue weighted by Crippen LogP contribution is 2.29. The Morgan fingerprint density at radius 1 is 1.07 bits per heavy atom. The smallest absolute Gasteiger partial charge is 0.337 e. The zero-order valence-corrected chi connectivity index (χ0v) is 20.7. The lowest BCUT2D eigenvalue weighted by atomic mass is 10.2. The second-order valence-electron chi connectivity index (χ2n) is 9.29. The summed E-state index contributed by atoms with van der Waals surface area (Å²) in [5.41, 5.74) is -1.84. The molecule has 9 nitrogen and oxygen atoms in total. The summed E-state index contributed by atoms with van der Waals surface area (Å²) in [5, 5.41) is -0.165. The predicted octanol–water partition coefficient (Wildman–Crippen LogP) is 3.36. The van der Waals surface area contributed by atoms with E-state index in [0.717, 1.165) is 33.4 Å². The molecule has 40 heavy (non-hydrogen) atoms. The van der Waals surface area contributed by atoms with Crippen molar-refractivity contribution in [2.24, 2.45) is 0 Å². The number of imidazole rings is 1. The van der Waals surface area contributed by atoms with Crippen LogP contribution < -0.4 is 20.9 Å². The number of hydrogen-bond acceptors (Lipinski definition) is 6. The van der Waals surface area contributed by atoms with Crippen molar-refractivity contribution >= 4 is 22.4 Å². The minimum Gasteiger partial charge on any atom is -0.480 e. The minimum atomic E-state index is -1.67. The van der Waals surface area contributed by atoms with Gasteiger partial charge in [0, 0.05) is 24.9 Å². The number of aromatic nitrogens is 5. The van der Waals surface area contributed by atoms with Crippen molar-refractivity contribution in [2.75, 3.05) is 25.1 Å².